The van der Waals surface area contributed by atoms with E-state index < -0.39 is 36.3 Å². The van der Waals surface area contributed by atoms with Crippen LogP contribution in [0.2, 0.25) is 0 Å². The summed E-state index contributed by atoms with van der Waals surface area (Å²) in [5.74, 6) is -0.908. The molecule has 0 heterocycles. The summed E-state index contributed by atoms with van der Waals surface area (Å²) in [6, 6.07) is 8.50. The molecule has 0 fully saturated rings. The lowest BCUT2D eigenvalue weighted by molar-refractivity contribution is -0.153. The Labute approximate surface area is 139 Å². The van der Waals surface area contributed by atoms with Crippen molar-refractivity contribution in [3.05, 3.63) is 71.3 Å². The van der Waals surface area contributed by atoms with Crippen LogP contribution >= 0.6 is 0 Å². The molecular weight excluding hydrogens is 348 g/mol. The number of nitrogens with one attached hydrogen (secondary N) is 1. The Morgan fingerprint density at radius 3 is 1.92 bits per heavy atom. The van der Waals surface area contributed by atoms with Gasteiger partial charge in [-0.1, -0.05) is 30.3 Å². The van der Waals surface area contributed by atoms with Gasteiger partial charge in [-0.15, -0.1) is 0 Å². The van der Waals surface area contributed by atoms with Gasteiger partial charge in [0.25, 0.3) is 5.91 Å². The van der Waals surface area contributed by atoms with Gasteiger partial charge in [0.15, 0.2) is 0 Å². The zero-order chi connectivity index (χ0) is 18.7. The molecule has 2 aromatic carbocycles. The SMILES string of the molecule is O=C(N[C@@H](Cc1ccc(C(F)(F)F)cc1)C(F)(F)F)c1ccccc1. The quantitative estimate of drug-likeness (QED) is 0.792. The number of hydrogen-bond donors (Lipinski definition) is 1. The minimum atomic E-state index is -4.74. The minimum absolute atomic E-state index is 0.0312. The maximum atomic E-state index is 13.2. The molecule has 0 saturated carbocycles. The van der Waals surface area contributed by atoms with E-state index in [1.807, 2.05) is 5.32 Å². The van der Waals surface area contributed by atoms with E-state index in [1.165, 1.54) is 24.3 Å². The van der Waals surface area contributed by atoms with Gasteiger partial charge in [-0.05, 0) is 29.8 Å². The van der Waals surface area contributed by atoms with Crippen LogP contribution in [0.25, 0.3) is 0 Å². The van der Waals surface area contributed by atoms with Crippen LogP contribution in [0.1, 0.15) is 21.5 Å². The first-order chi connectivity index (χ1) is 11.6. The highest BCUT2D eigenvalue weighted by Gasteiger charge is 2.41. The van der Waals surface area contributed by atoms with E-state index in [0.29, 0.717) is 12.1 Å². The van der Waals surface area contributed by atoms with E-state index in [0.717, 1.165) is 12.1 Å². The largest absolute Gasteiger partial charge is 0.416 e. The number of carbonyl (C=O) groups excluding carboxylic acids is 1. The molecule has 0 aliphatic carbocycles. The van der Waals surface area contributed by atoms with Gasteiger partial charge < -0.3 is 5.32 Å². The fourth-order valence-corrected chi connectivity index (χ4v) is 2.15. The lowest BCUT2D eigenvalue weighted by atomic mass is 10.0. The molecule has 1 N–H and O–H groups in total. The molecule has 25 heavy (non-hydrogen) atoms. The molecule has 1 amide bonds. The molecule has 0 aliphatic rings. The van der Waals surface area contributed by atoms with Gasteiger partial charge in [-0.25, -0.2) is 0 Å². The average molecular weight is 361 g/mol. The van der Waals surface area contributed by atoms with Gasteiger partial charge in [0.05, 0.1) is 5.56 Å². The molecular formula is C17H13F6NO. The number of alkyl halides is 6. The first kappa shape index (κ1) is 18.8. The zero-order valence-electron chi connectivity index (χ0n) is 12.7. The van der Waals surface area contributed by atoms with Crippen molar-refractivity contribution in [1.29, 1.82) is 0 Å². The van der Waals surface area contributed by atoms with E-state index >= 15 is 0 Å². The predicted octanol–water partition coefficient (Wildman–Crippen LogP) is 4.61. The summed E-state index contributed by atoms with van der Waals surface area (Å²) in [4.78, 5) is 11.9. The molecule has 0 bridgehead atoms. The molecule has 0 aliphatic heterocycles. The molecule has 0 spiro atoms. The predicted molar refractivity (Wildman–Crippen MR) is 78.9 cm³/mol. The van der Waals surface area contributed by atoms with Gasteiger partial charge in [0, 0.05) is 12.0 Å². The van der Waals surface area contributed by atoms with E-state index in [1.54, 1.807) is 6.07 Å². The van der Waals surface area contributed by atoms with Gasteiger partial charge >= 0.3 is 12.4 Å². The third kappa shape index (κ3) is 5.23. The Bertz CT molecular complexity index is 707. The second kappa shape index (κ2) is 7.16. The summed E-state index contributed by atoms with van der Waals surface area (Å²) >= 11 is 0. The highest BCUT2D eigenvalue weighted by molar-refractivity contribution is 5.94. The van der Waals surface area contributed by atoms with Gasteiger partial charge in [-0.3, -0.25) is 4.79 Å². The standard InChI is InChI=1S/C17H13F6NO/c18-16(19,20)13-8-6-11(7-9-13)10-14(17(21,22)23)24-15(25)12-4-2-1-3-5-12/h1-9,14H,10H2,(H,24,25)/t14-/m0/s1. The second-order valence-corrected chi connectivity index (χ2v) is 5.33. The molecule has 2 nitrogen and oxygen atoms in total. The van der Waals surface area contributed by atoms with E-state index in [4.69, 9.17) is 0 Å². The minimum Gasteiger partial charge on any atom is -0.340 e. The van der Waals surface area contributed by atoms with Crippen molar-refractivity contribution >= 4 is 5.91 Å². The van der Waals surface area contributed by atoms with Crippen LogP contribution in [-0.2, 0) is 12.6 Å². The number of benzene rings is 2. The first-order valence-electron chi connectivity index (χ1n) is 7.16. The lowest BCUT2D eigenvalue weighted by Crippen LogP contribution is -2.46. The third-order valence-corrected chi connectivity index (χ3v) is 3.46. The van der Waals surface area contributed by atoms with Crippen LogP contribution in [0.15, 0.2) is 54.6 Å². The Balaban J connectivity index is 2.15. The molecule has 0 unspecified atom stereocenters. The van der Waals surface area contributed by atoms with Crippen LogP contribution in [-0.4, -0.2) is 18.1 Å². The first-order valence-corrected chi connectivity index (χ1v) is 7.16. The zero-order valence-corrected chi connectivity index (χ0v) is 12.7. The Hall–Kier alpha value is -2.51. The van der Waals surface area contributed by atoms with Crippen molar-refractivity contribution in [2.45, 2.75) is 24.8 Å². The Kier molecular flexibility index (Phi) is 5.39. The van der Waals surface area contributed by atoms with Gasteiger partial charge in [0.1, 0.15) is 6.04 Å². The molecule has 134 valence electrons. The maximum absolute atomic E-state index is 13.2. The Morgan fingerprint density at radius 2 is 1.44 bits per heavy atom. The summed E-state index contributed by atoms with van der Waals surface area (Å²) in [5, 5.41) is 1.88. The van der Waals surface area contributed by atoms with Gasteiger partial charge in [-0.2, -0.15) is 26.3 Å². The number of hydrogen-bond acceptors (Lipinski definition) is 1. The molecule has 2 aromatic rings. The topological polar surface area (TPSA) is 29.1 Å². The highest BCUT2D eigenvalue weighted by Crippen LogP contribution is 2.30. The number of rotatable bonds is 4. The van der Waals surface area contributed by atoms with Crippen LogP contribution in [0, 0.1) is 0 Å². The summed E-state index contributed by atoms with van der Waals surface area (Å²) in [6.45, 7) is 0. The summed E-state index contributed by atoms with van der Waals surface area (Å²) in [7, 11) is 0. The highest BCUT2D eigenvalue weighted by atomic mass is 19.4. The van der Waals surface area contributed by atoms with Crippen molar-refractivity contribution in [3.8, 4) is 0 Å². The van der Waals surface area contributed by atoms with Crippen LogP contribution in [0.3, 0.4) is 0 Å². The van der Waals surface area contributed by atoms with E-state index in [2.05, 4.69) is 0 Å². The van der Waals surface area contributed by atoms with E-state index in [-0.39, 0.29) is 11.1 Å². The van der Waals surface area contributed by atoms with Crippen molar-refractivity contribution in [1.82, 2.24) is 5.32 Å². The second-order valence-electron chi connectivity index (χ2n) is 5.33. The number of amides is 1. The van der Waals surface area contributed by atoms with Crippen LogP contribution in [0.5, 0.6) is 0 Å². The summed E-state index contributed by atoms with van der Waals surface area (Å²) < 4.78 is 76.9. The Morgan fingerprint density at radius 1 is 0.880 bits per heavy atom. The number of halogens is 6. The molecule has 0 radical (unpaired) electrons. The number of carbonyl (C=O) groups is 1. The molecule has 2 rings (SSSR count). The van der Waals surface area contributed by atoms with Crippen LogP contribution in [0.4, 0.5) is 26.3 Å². The molecule has 0 saturated heterocycles. The molecule has 1 atom stereocenters. The van der Waals surface area contributed by atoms with E-state index in [9.17, 15) is 31.1 Å². The van der Waals surface area contributed by atoms with Crippen LogP contribution < -0.4 is 5.32 Å². The summed E-state index contributed by atoms with van der Waals surface area (Å²) in [6.07, 6.45) is -9.98. The fraction of sp³-hybridized carbons (Fsp3) is 0.235. The molecule has 0 aromatic heterocycles. The van der Waals surface area contributed by atoms with Gasteiger partial charge in [0.2, 0.25) is 0 Å². The van der Waals surface area contributed by atoms with Crippen molar-refractivity contribution in [3.63, 3.8) is 0 Å². The maximum Gasteiger partial charge on any atom is 0.416 e. The molecule has 8 heteroatoms. The third-order valence-electron chi connectivity index (χ3n) is 3.46. The van der Waals surface area contributed by atoms with Crippen molar-refractivity contribution < 1.29 is 31.1 Å². The normalized spacial score (nSPS) is 13.4. The summed E-state index contributed by atoms with van der Waals surface area (Å²) in [5.41, 5.74) is -0.860. The average Bonchev–Trinajstić information content (AvgIpc) is 2.54. The monoisotopic (exact) mass is 361 g/mol. The van der Waals surface area contributed by atoms with Crippen molar-refractivity contribution in [2.24, 2.45) is 0 Å². The van der Waals surface area contributed by atoms with Crippen molar-refractivity contribution in [2.75, 3.05) is 0 Å². The lowest BCUT2D eigenvalue weighted by Gasteiger charge is -2.22. The smallest absolute Gasteiger partial charge is 0.340 e. The fourth-order valence-electron chi connectivity index (χ4n) is 2.15.